The topological polar surface area (TPSA) is 70.0 Å². The second kappa shape index (κ2) is 5.89. The highest BCUT2D eigenvalue weighted by molar-refractivity contribution is 5.80. The first-order chi connectivity index (χ1) is 10.9. The van der Waals surface area contributed by atoms with Crippen molar-refractivity contribution in [2.24, 2.45) is 5.92 Å². The molecule has 2 aliphatic heterocycles. The van der Waals surface area contributed by atoms with Crippen molar-refractivity contribution in [2.45, 2.75) is 57.0 Å². The molecule has 1 aromatic carbocycles. The van der Waals surface area contributed by atoms with Gasteiger partial charge in [0.05, 0.1) is 6.61 Å². The molecule has 0 unspecified atom stereocenters. The number of nitrogens with zero attached hydrogens (tertiary/aromatic N) is 1. The predicted octanol–water partition coefficient (Wildman–Crippen LogP) is 2.19. The number of rotatable bonds is 4. The van der Waals surface area contributed by atoms with Crippen molar-refractivity contribution < 1.29 is 19.7 Å². The van der Waals surface area contributed by atoms with E-state index in [9.17, 15) is 15.0 Å². The molecule has 1 saturated carbocycles. The fraction of sp³-hybridized carbons (Fsp3) is 0.611. The van der Waals surface area contributed by atoms with Crippen LogP contribution in [0.2, 0.25) is 0 Å². The van der Waals surface area contributed by atoms with Gasteiger partial charge < -0.3 is 14.9 Å². The molecular weight excluding hydrogens is 294 g/mol. The van der Waals surface area contributed by atoms with Crippen LogP contribution in [-0.2, 0) is 9.53 Å². The van der Waals surface area contributed by atoms with Crippen LogP contribution in [0.5, 0.6) is 0 Å². The summed E-state index contributed by atoms with van der Waals surface area (Å²) in [5.41, 5.74) is -1.99. The van der Waals surface area contributed by atoms with Crippen LogP contribution in [0.25, 0.3) is 0 Å². The minimum absolute atomic E-state index is 0.207. The monoisotopic (exact) mass is 319 g/mol. The van der Waals surface area contributed by atoms with Crippen molar-refractivity contribution in [2.75, 3.05) is 6.61 Å². The van der Waals surface area contributed by atoms with Gasteiger partial charge >= 0.3 is 5.97 Å². The van der Waals surface area contributed by atoms with Crippen molar-refractivity contribution >= 4 is 5.97 Å². The smallest absolute Gasteiger partial charge is 0.354 e. The van der Waals surface area contributed by atoms with Gasteiger partial charge in [-0.1, -0.05) is 30.3 Å². The lowest BCUT2D eigenvalue weighted by Gasteiger charge is -2.60. The Morgan fingerprint density at radius 2 is 1.91 bits per heavy atom. The molecule has 0 aromatic heterocycles. The summed E-state index contributed by atoms with van der Waals surface area (Å²) < 4.78 is 5.16. The highest BCUT2D eigenvalue weighted by atomic mass is 16.6. The van der Waals surface area contributed by atoms with Gasteiger partial charge in [-0.2, -0.15) is 0 Å². The summed E-state index contributed by atoms with van der Waals surface area (Å²) in [6.45, 7) is 3.85. The van der Waals surface area contributed by atoms with Crippen molar-refractivity contribution in [3.8, 4) is 0 Å². The molecule has 126 valence electrons. The van der Waals surface area contributed by atoms with E-state index in [1.54, 1.807) is 11.8 Å². The van der Waals surface area contributed by atoms with Crippen LogP contribution in [0.4, 0.5) is 0 Å². The van der Waals surface area contributed by atoms with E-state index in [1.165, 1.54) is 0 Å². The van der Waals surface area contributed by atoms with Gasteiger partial charge in [0.15, 0.2) is 0 Å². The molecule has 23 heavy (non-hydrogen) atoms. The quantitative estimate of drug-likeness (QED) is 0.833. The molecule has 5 heteroatoms. The molecule has 1 aromatic rings. The Morgan fingerprint density at radius 1 is 1.30 bits per heavy atom. The van der Waals surface area contributed by atoms with Crippen LogP contribution >= 0.6 is 0 Å². The predicted molar refractivity (Wildman–Crippen MR) is 85.2 cm³/mol. The average Bonchev–Trinajstić information content (AvgIpc) is 2.55. The maximum Gasteiger partial charge on any atom is 0.354 e. The molecule has 0 amide bonds. The fourth-order valence-electron chi connectivity index (χ4n) is 4.28. The third-order valence-electron chi connectivity index (χ3n) is 5.42. The zero-order valence-electron chi connectivity index (χ0n) is 13.7. The Kier molecular flexibility index (Phi) is 4.21. The van der Waals surface area contributed by atoms with E-state index in [0.29, 0.717) is 25.7 Å². The summed E-state index contributed by atoms with van der Waals surface area (Å²) in [7, 11) is 0. The molecule has 3 aliphatic rings. The molecule has 2 N–H and O–H groups in total. The third kappa shape index (κ3) is 2.47. The zero-order valence-corrected chi connectivity index (χ0v) is 13.7. The molecular formula is C18H25NO4. The molecule has 2 heterocycles. The van der Waals surface area contributed by atoms with Crippen molar-refractivity contribution in [3.63, 3.8) is 0 Å². The third-order valence-corrected chi connectivity index (χ3v) is 5.42. The lowest BCUT2D eigenvalue weighted by molar-refractivity contribution is -0.318. The Labute approximate surface area is 136 Å². The summed E-state index contributed by atoms with van der Waals surface area (Å²) >= 11 is 0. The largest absolute Gasteiger partial charge is 0.463 e. The van der Waals surface area contributed by atoms with Gasteiger partial charge in [-0.25, -0.2) is 9.69 Å². The Balaban J connectivity index is 2.04. The first-order valence-electron chi connectivity index (χ1n) is 8.40. The van der Waals surface area contributed by atoms with Crippen molar-refractivity contribution in [1.82, 2.24) is 4.90 Å². The van der Waals surface area contributed by atoms with Crippen LogP contribution in [0.3, 0.4) is 0 Å². The van der Waals surface area contributed by atoms with Crippen molar-refractivity contribution in [3.05, 3.63) is 35.9 Å². The van der Waals surface area contributed by atoms with E-state index in [4.69, 9.17) is 4.74 Å². The van der Waals surface area contributed by atoms with E-state index in [2.05, 4.69) is 0 Å². The van der Waals surface area contributed by atoms with Crippen LogP contribution in [0.15, 0.2) is 30.3 Å². The molecule has 0 spiro atoms. The maximum atomic E-state index is 12.6. The minimum Gasteiger partial charge on any atom is -0.463 e. The Hall–Kier alpha value is -1.43. The maximum absolute atomic E-state index is 12.6. The van der Waals surface area contributed by atoms with E-state index >= 15 is 0 Å². The van der Waals surface area contributed by atoms with E-state index in [-0.39, 0.29) is 18.6 Å². The van der Waals surface area contributed by atoms with Crippen LogP contribution < -0.4 is 0 Å². The summed E-state index contributed by atoms with van der Waals surface area (Å²) in [5, 5.41) is 22.4. The summed E-state index contributed by atoms with van der Waals surface area (Å²) in [6.07, 6.45) is 2.39. The van der Waals surface area contributed by atoms with E-state index in [1.807, 2.05) is 37.3 Å². The molecule has 2 atom stereocenters. The van der Waals surface area contributed by atoms with Crippen LogP contribution in [-0.4, -0.2) is 39.1 Å². The van der Waals surface area contributed by atoms with Gasteiger partial charge in [0, 0.05) is 12.0 Å². The normalized spacial score (nSPS) is 35.0. The number of carbonyl (C=O) groups is 1. The number of benzene rings is 1. The summed E-state index contributed by atoms with van der Waals surface area (Å²) in [4.78, 5) is 14.2. The van der Waals surface area contributed by atoms with Gasteiger partial charge in [0.2, 0.25) is 5.72 Å². The molecule has 3 fully saturated rings. The molecule has 0 radical (unpaired) electrons. The van der Waals surface area contributed by atoms with Gasteiger partial charge in [0.25, 0.3) is 0 Å². The summed E-state index contributed by atoms with van der Waals surface area (Å²) in [5.74, 6) is -0.854. The van der Waals surface area contributed by atoms with Crippen molar-refractivity contribution in [1.29, 1.82) is 0 Å². The second-order valence-electron chi connectivity index (χ2n) is 6.66. The number of fused-ring (bicyclic) bond motifs is 3. The average molecular weight is 319 g/mol. The number of aliphatic hydroxyl groups is 2. The first kappa shape index (κ1) is 16.4. The second-order valence-corrected chi connectivity index (χ2v) is 6.66. The molecule has 2 saturated heterocycles. The zero-order chi connectivity index (χ0) is 16.7. The number of esters is 1. The minimum atomic E-state index is -1.77. The van der Waals surface area contributed by atoms with Gasteiger partial charge in [-0.3, -0.25) is 0 Å². The SMILES string of the molecule is CCOC(=O)[C@]1(O)[C@H]2CC[C@@](O)(CC2)N1[C@@H](C)c1ccccc1. The standard InChI is InChI=1S/C18H25NO4/c1-3-23-16(20)18(22)15-9-11-17(21,12-10-15)19(18)13(2)14-7-5-4-6-8-14/h4-8,13,15,21-22H,3,9-12H2,1-2H3/t13-,15-,17+,18+/m0/s1. The van der Waals surface area contributed by atoms with Crippen LogP contribution in [0.1, 0.15) is 51.1 Å². The number of hydrogen-bond acceptors (Lipinski definition) is 5. The number of hydrogen-bond donors (Lipinski definition) is 2. The Bertz CT molecular complexity index is 568. The number of carbonyl (C=O) groups excluding carboxylic acids is 1. The lowest BCUT2D eigenvalue weighted by Crippen LogP contribution is -2.74. The van der Waals surface area contributed by atoms with E-state index < -0.39 is 17.4 Å². The highest BCUT2D eigenvalue weighted by Gasteiger charge is 2.64. The summed E-state index contributed by atoms with van der Waals surface area (Å²) in [6, 6.07) is 9.36. The van der Waals surface area contributed by atoms with E-state index in [0.717, 1.165) is 5.56 Å². The van der Waals surface area contributed by atoms with Gasteiger partial charge in [-0.15, -0.1) is 0 Å². The highest BCUT2D eigenvalue weighted by Crippen LogP contribution is 2.53. The molecule has 2 bridgehead atoms. The first-order valence-corrected chi connectivity index (χ1v) is 8.40. The fourth-order valence-corrected chi connectivity index (χ4v) is 4.28. The lowest BCUT2D eigenvalue weighted by atomic mass is 9.69. The molecule has 4 rings (SSSR count). The molecule has 1 aliphatic carbocycles. The number of piperidine rings is 2. The van der Waals surface area contributed by atoms with Gasteiger partial charge in [-0.05, 0) is 45.1 Å². The Morgan fingerprint density at radius 3 is 2.48 bits per heavy atom. The van der Waals surface area contributed by atoms with Gasteiger partial charge in [0.1, 0.15) is 5.72 Å². The van der Waals surface area contributed by atoms with Crippen LogP contribution in [0, 0.1) is 5.92 Å². The number of ether oxygens (including phenoxy) is 1. The molecule has 5 nitrogen and oxygen atoms in total.